The van der Waals surface area contributed by atoms with Crippen LogP contribution in [0.4, 0.5) is 17.6 Å². The monoisotopic (exact) mass is 702 g/mol. The fourth-order valence-electron chi connectivity index (χ4n) is 5.36. The maximum Gasteiger partial charge on any atom is 0.425 e. The van der Waals surface area contributed by atoms with Gasteiger partial charge in [-0.05, 0) is 86.2 Å². The van der Waals surface area contributed by atoms with Crippen molar-refractivity contribution in [3.05, 3.63) is 83.7 Å². The van der Waals surface area contributed by atoms with Gasteiger partial charge in [-0.1, -0.05) is 89.0 Å². The normalized spacial score (nSPS) is 12.0. The van der Waals surface area contributed by atoms with E-state index in [0.29, 0.717) is 32.3 Å². The zero-order valence-corrected chi connectivity index (χ0v) is 29.2. The highest BCUT2D eigenvalue weighted by Gasteiger charge is 2.42. The van der Waals surface area contributed by atoms with Crippen LogP contribution in [0, 0.1) is 5.82 Å². The second-order valence-corrected chi connectivity index (χ2v) is 12.3. The minimum atomic E-state index is -4.78. The number of carbonyl (C=O) groups is 2. The molecule has 274 valence electrons. The number of rotatable bonds is 23. The number of esters is 2. The molecule has 0 aromatic heterocycles. The van der Waals surface area contributed by atoms with Crippen LogP contribution in [0.25, 0.3) is 11.1 Å². The van der Waals surface area contributed by atoms with Crippen molar-refractivity contribution in [1.29, 1.82) is 0 Å². The molecular formula is C40H50F4O6. The minimum Gasteiger partial charge on any atom is -0.494 e. The second-order valence-electron chi connectivity index (χ2n) is 12.3. The predicted molar refractivity (Wildman–Crippen MR) is 186 cm³/mol. The van der Waals surface area contributed by atoms with E-state index in [1.54, 1.807) is 31.2 Å². The molecule has 0 heterocycles. The lowest BCUT2D eigenvalue weighted by atomic mass is 10.0. The molecule has 3 aromatic rings. The van der Waals surface area contributed by atoms with Gasteiger partial charge < -0.3 is 18.9 Å². The number of hydrogen-bond acceptors (Lipinski definition) is 6. The van der Waals surface area contributed by atoms with E-state index in [1.165, 1.54) is 51.4 Å². The molecule has 50 heavy (non-hydrogen) atoms. The molecule has 0 N–H and O–H groups in total. The van der Waals surface area contributed by atoms with E-state index in [4.69, 9.17) is 14.2 Å². The topological polar surface area (TPSA) is 71.1 Å². The van der Waals surface area contributed by atoms with Crippen LogP contribution in [-0.4, -0.2) is 44.0 Å². The number of benzene rings is 3. The van der Waals surface area contributed by atoms with Crippen LogP contribution < -0.4 is 9.47 Å². The van der Waals surface area contributed by atoms with Crippen LogP contribution in [0.15, 0.2) is 66.7 Å². The molecule has 1 atom stereocenters. The highest BCUT2D eigenvalue weighted by Crippen LogP contribution is 2.29. The molecule has 0 aliphatic heterocycles. The Morgan fingerprint density at radius 2 is 1.22 bits per heavy atom. The maximum atomic E-state index is 14.8. The molecule has 10 heteroatoms. The van der Waals surface area contributed by atoms with Crippen molar-refractivity contribution in [2.45, 2.75) is 110 Å². The summed E-state index contributed by atoms with van der Waals surface area (Å²) in [5.41, 5.74) is 1.49. The Morgan fingerprint density at radius 3 is 1.80 bits per heavy atom. The number of ether oxygens (including phenoxy) is 4. The first kappa shape index (κ1) is 40.5. The van der Waals surface area contributed by atoms with Gasteiger partial charge in [0.2, 0.25) is 0 Å². The van der Waals surface area contributed by atoms with Crippen molar-refractivity contribution in [2.75, 3.05) is 19.8 Å². The zero-order chi connectivity index (χ0) is 36.2. The highest BCUT2D eigenvalue weighted by atomic mass is 19.4. The lowest BCUT2D eigenvalue weighted by Gasteiger charge is -2.20. The van der Waals surface area contributed by atoms with Crippen molar-refractivity contribution in [3.63, 3.8) is 0 Å². The first-order valence-electron chi connectivity index (χ1n) is 17.8. The van der Waals surface area contributed by atoms with Crippen molar-refractivity contribution in [2.24, 2.45) is 0 Å². The summed E-state index contributed by atoms with van der Waals surface area (Å²) in [5.74, 6) is -2.96. The zero-order valence-electron chi connectivity index (χ0n) is 29.2. The summed E-state index contributed by atoms with van der Waals surface area (Å²) in [4.78, 5) is 25.1. The Labute approximate surface area is 293 Å². The maximum absolute atomic E-state index is 14.8. The number of carbonyl (C=O) groups excluding carboxylic acids is 2. The largest absolute Gasteiger partial charge is 0.494 e. The minimum absolute atomic E-state index is 0.127. The van der Waals surface area contributed by atoms with E-state index in [0.717, 1.165) is 41.9 Å². The van der Waals surface area contributed by atoms with Crippen molar-refractivity contribution >= 4 is 11.9 Å². The fraction of sp³-hybridized carbons (Fsp3) is 0.500. The van der Waals surface area contributed by atoms with Gasteiger partial charge in [0.05, 0.1) is 17.7 Å². The number of halogens is 4. The standard InChI is InChI=1S/C40H50F4O6/c1-3-5-6-7-8-9-10-11-12-14-28-48-34-24-21-31(22-25-34)30-17-19-32(20-18-30)38(45)49-36-26-23-33(29-35(36)41)39(46)50-37(40(42,43)44)16-13-15-27-47-4-2/h17-26,29,37H,3-16,27-28H2,1-2H3. The molecule has 0 amide bonds. The van der Waals surface area contributed by atoms with Gasteiger partial charge in [0.25, 0.3) is 0 Å². The van der Waals surface area contributed by atoms with E-state index < -0.39 is 47.8 Å². The lowest BCUT2D eigenvalue weighted by molar-refractivity contribution is -0.206. The predicted octanol–water partition coefficient (Wildman–Crippen LogP) is 11.3. The van der Waals surface area contributed by atoms with E-state index in [1.807, 2.05) is 24.3 Å². The molecule has 0 aliphatic carbocycles. The summed E-state index contributed by atoms with van der Waals surface area (Å²) in [6.07, 6.45) is 5.62. The van der Waals surface area contributed by atoms with Gasteiger partial charge >= 0.3 is 18.1 Å². The van der Waals surface area contributed by atoms with Gasteiger partial charge in [0, 0.05) is 13.2 Å². The molecule has 0 saturated carbocycles. The summed E-state index contributed by atoms with van der Waals surface area (Å²) in [6.45, 7) is 5.44. The van der Waals surface area contributed by atoms with E-state index in [9.17, 15) is 27.2 Å². The van der Waals surface area contributed by atoms with Crippen LogP contribution in [0.1, 0.15) is 118 Å². The summed E-state index contributed by atoms with van der Waals surface area (Å²) >= 11 is 0. The van der Waals surface area contributed by atoms with Crippen molar-refractivity contribution in [3.8, 4) is 22.6 Å². The molecule has 6 nitrogen and oxygen atoms in total. The number of unbranched alkanes of at least 4 members (excludes halogenated alkanes) is 10. The Bertz CT molecular complexity index is 1420. The van der Waals surface area contributed by atoms with Crippen LogP contribution in [0.3, 0.4) is 0 Å². The van der Waals surface area contributed by atoms with E-state index in [-0.39, 0.29) is 12.0 Å². The Balaban J connectivity index is 1.45. The quantitative estimate of drug-likeness (QED) is 0.0424. The smallest absolute Gasteiger partial charge is 0.425 e. The van der Waals surface area contributed by atoms with Gasteiger partial charge in [-0.3, -0.25) is 0 Å². The first-order valence-corrected chi connectivity index (χ1v) is 17.8. The molecule has 1 unspecified atom stereocenters. The summed E-state index contributed by atoms with van der Waals surface area (Å²) in [5, 5.41) is 0. The number of hydrogen-bond donors (Lipinski definition) is 0. The Morgan fingerprint density at radius 1 is 0.660 bits per heavy atom. The molecule has 3 aromatic carbocycles. The van der Waals surface area contributed by atoms with Crippen molar-refractivity contribution in [1.82, 2.24) is 0 Å². The molecule has 0 fully saturated rings. The SMILES string of the molecule is CCCCCCCCCCCCOc1ccc(-c2ccc(C(=O)Oc3ccc(C(=O)OC(CCCCOCC)C(F)(F)F)cc3F)cc2)cc1. The van der Waals surface area contributed by atoms with Gasteiger partial charge in [-0.25, -0.2) is 14.0 Å². The summed E-state index contributed by atoms with van der Waals surface area (Å²) < 4.78 is 75.9. The molecule has 0 spiro atoms. The van der Waals surface area contributed by atoms with Gasteiger partial charge in [-0.15, -0.1) is 0 Å². The van der Waals surface area contributed by atoms with Gasteiger partial charge in [0.15, 0.2) is 17.7 Å². The molecule has 3 rings (SSSR count). The van der Waals surface area contributed by atoms with Crippen LogP contribution in [-0.2, 0) is 9.47 Å². The third-order valence-corrected chi connectivity index (χ3v) is 8.27. The highest BCUT2D eigenvalue weighted by molar-refractivity contribution is 5.92. The van der Waals surface area contributed by atoms with Crippen molar-refractivity contribution < 1.29 is 46.1 Å². The third-order valence-electron chi connectivity index (χ3n) is 8.27. The van der Waals surface area contributed by atoms with E-state index in [2.05, 4.69) is 11.7 Å². The Hall–Kier alpha value is -3.92. The molecule has 0 bridgehead atoms. The molecule has 0 aliphatic rings. The van der Waals surface area contributed by atoms with Crippen LogP contribution in [0.2, 0.25) is 0 Å². The lowest BCUT2D eigenvalue weighted by Crippen LogP contribution is -2.34. The average Bonchev–Trinajstić information content (AvgIpc) is 3.10. The fourth-order valence-corrected chi connectivity index (χ4v) is 5.36. The van der Waals surface area contributed by atoms with Crippen LogP contribution in [0.5, 0.6) is 11.5 Å². The Kier molecular flexibility index (Phi) is 17.8. The van der Waals surface area contributed by atoms with Crippen LogP contribution >= 0.6 is 0 Å². The first-order chi connectivity index (χ1) is 24.1. The van der Waals surface area contributed by atoms with E-state index >= 15 is 0 Å². The summed E-state index contributed by atoms with van der Waals surface area (Å²) in [7, 11) is 0. The summed E-state index contributed by atoms with van der Waals surface area (Å²) in [6, 6.07) is 17.0. The molecule has 0 saturated heterocycles. The van der Waals surface area contributed by atoms with Gasteiger partial charge in [0.1, 0.15) is 5.75 Å². The van der Waals surface area contributed by atoms with Gasteiger partial charge in [-0.2, -0.15) is 13.2 Å². The molecule has 0 radical (unpaired) electrons. The average molecular weight is 703 g/mol. The third kappa shape index (κ3) is 14.5. The second kappa shape index (κ2) is 22.0. The number of alkyl halides is 3. The molecular weight excluding hydrogens is 652 g/mol.